The molecule has 20 heavy (non-hydrogen) atoms. The van der Waals surface area contributed by atoms with Crippen LogP contribution >= 0.6 is 11.6 Å². The number of fused-ring (bicyclic) bond motifs is 1. The predicted molar refractivity (Wildman–Crippen MR) is 82.1 cm³/mol. The highest BCUT2D eigenvalue weighted by atomic mass is 35.5. The molecule has 1 unspecified atom stereocenters. The molecule has 1 aromatic heterocycles. The molecule has 0 aliphatic carbocycles. The molecule has 1 atom stereocenters. The Bertz CT molecular complexity index is 627. The highest BCUT2D eigenvalue weighted by molar-refractivity contribution is 6.30. The Balaban J connectivity index is 2.04. The van der Waals surface area contributed by atoms with Crippen LogP contribution in [-0.4, -0.2) is 21.3 Å². The molecule has 1 aliphatic heterocycles. The molecular formula is C15H19ClN4. The second-order valence-corrected chi connectivity index (χ2v) is 6.75. The third-order valence-electron chi connectivity index (χ3n) is 3.71. The Labute approximate surface area is 124 Å². The second kappa shape index (κ2) is 4.77. The third kappa shape index (κ3) is 2.40. The van der Waals surface area contributed by atoms with Gasteiger partial charge in [0.2, 0.25) is 5.95 Å². The average Bonchev–Trinajstić information content (AvgIpc) is 2.81. The summed E-state index contributed by atoms with van der Waals surface area (Å²) in [7, 11) is 0. The molecule has 0 spiro atoms. The topological polar surface area (TPSA) is 42.7 Å². The third-order valence-corrected chi connectivity index (χ3v) is 3.94. The number of aromatic nitrogens is 3. The van der Waals surface area contributed by atoms with Gasteiger partial charge in [-0.25, -0.2) is 4.68 Å². The largest absolute Gasteiger partial charge is 0.354 e. The molecule has 2 heterocycles. The summed E-state index contributed by atoms with van der Waals surface area (Å²) in [4.78, 5) is 4.61. The molecule has 1 aromatic carbocycles. The van der Waals surface area contributed by atoms with Gasteiger partial charge in [-0.05, 0) is 24.0 Å². The lowest BCUT2D eigenvalue weighted by molar-refractivity contribution is 0.210. The van der Waals surface area contributed by atoms with Crippen molar-refractivity contribution in [3.05, 3.63) is 29.3 Å². The maximum absolute atomic E-state index is 6.04. The van der Waals surface area contributed by atoms with Crippen molar-refractivity contribution in [3.63, 3.8) is 0 Å². The van der Waals surface area contributed by atoms with Crippen molar-refractivity contribution in [2.75, 3.05) is 11.9 Å². The van der Waals surface area contributed by atoms with E-state index in [1.165, 1.54) is 0 Å². The summed E-state index contributed by atoms with van der Waals surface area (Å²) in [6.07, 6.45) is 1.06. The number of nitrogens with zero attached hydrogens (tertiary/aromatic N) is 3. The van der Waals surface area contributed by atoms with E-state index in [1.807, 2.05) is 28.9 Å². The SMILES string of the molecule is CC(C)(C)C1CCNc2nc(-c3cccc(Cl)c3)nn21. The first kappa shape index (κ1) is 13.4. The zero-order valence-corrected chi connectivity index (χ0v) is 12.8. The zero-order valence-electron chi connectivity index (χ0n) is 12.0. The lowest BCUT2D eigenvalue weighted by Gasteiger charge is -2.34. The summed E-state index contributed by atoms with van der Waals surface area (Å²) in [6, 6.07) is 8.02. The van der Waals surface area contributed by atoms with Gasteiger partial charge in [0.05, 0.1) is 6.04 Å². The smallest absolute Gasteiger partial charge is 0.221 e. The minimum Gasteiger partial charge on any atom is -0.354 e. The molecule has 1 N–H and O–H groups in total. The monoisotopic (exact) mass is 290 g/mol. The van der Waals surface area contributed by atoms with E-state index in [0.717, 1.165) is 30.3 Å². The van der Waals surface area contributed by atoms with Gasteiger partial charge in [0, 0.05) is 17.1 Å². The number of hydrogen-bond donors (Lipinski definition) is 1. The molecule has 4 nitrogen and oxygen atoms in total. The molecule has 0 radical (unpaired) electrons. The van der Waals surface area contributed by atoms with Crippen LogP contribution in [0, 0.1) is 5.41 Å². The molecule has 0 saturated heterocycles. The van der Waals surface area contributed by atoms with Crippen molar-refractivity contribution in [2.24, 2.45) is 5.41 Å². The van der Waals surface area contributed by atoms with Gasteiger partial charge in [-0.3, -0.25) is 0 Å². The molecule has 0 fully saturated rings. The summed E-state index contributed by atoms with van der Waals surface area (Å²) < 4.78 is 2.03. The fourth-order valence-corrected chi connectivity index (χ4v) is 2.84. The highest BCUT2D eigenvalue weighted by Crippen LogP contribution is 2.37. The second-order valence-electron chi connectivity index (χ2n) is 6.31. The van der Waals surface area contributed by atoms with Crippen molar-refractivity contribution in [1.29, 1.82) is 0 Å². The lowest BCUT2D eigenvalue weighted by atomic mass is 9.84. The molecule has 2 aromatic rings. The maximum atomic E-state index is 6.04. The quantitative estimate of drug-likeness (QED) is 0.863. The van der Waals surface area contributed by atoms with Crippen LogP contribution in [-0.2, 0) is 0 Å². The van der Waals surface area contributed by atoms with Gasteiger partial charge >= 0.3 is 0 Å². The van der Waals surface area contributed by atoms with Crippen LogP contribution in [0.2, 0.25) is 5.02 Å². The minimum absolute atomic E-state index is 0.163. The first-order chi connectivity index (χ1) is 9.45. The van der Waals surface area contributed by atoms with Gasteiger partial charge in [-0.15, -0.1) is 5.10 Å². The lowest BCUT2D eigenvalue weighted by Crippen LogP contribution is -2.32. The first-order valence-electron chi connectivity index (χ1n) is 6.91. The summed E-state index contributed by atoms with van der Waals surface area (Å²) in [5.74, 6) is 1.58. The van der Waals surface area contributed by atoms with E-state index >= 15 is 0 Å². The maximum Gasteiger partial charge on any atom is 0.221 e. The number of benzene rings is 1. The van der Waals surface area contributed by atoms with E-state index in [2.05, 4.69) is 31.1 Å². The summed E-state index contributed by atoms with van der Waals surface area (Å²) >= 11 is 6.04. The fraction of sp³-hybridized carbons (Fsp3) is 0.467. The van der Waals surface area contributed by atoms with Crippen molar-refractivity contribution in [2.45, 2.75) is 33.2 Å². The Hall–Kier alpha value is -1.55. The normalized spacial score (nSPS) is 18.5. The van der Waals surface area contributed by atoms with E-state index in [1.54, 1.807) is 0 Å². The van der Waals surface area contributed by atoms with E-state index in [9.17, 15) is 0 Å². The summed E-state index contributed by atoms with van der Waals surface area (Å²) in [5.41, 5.74) is 1.12. The Morgan fingerprint density at radius 2 is 2.15 bits per heavy atom. The molecular weight excluding hydrogens is 272 g/mol. The van der Waals surface area contributed by atoms with Gasteiger partial charge in [-0.2, -0.15) is 4.98 Å². The van der Waals surface area contributed by atoms with Gasteiger partial charge in [0.1, 0.15) is 0 Å². The molecule has 0 bridgehead atoms. The number of anilines is 1. The van der Waals surface area contributed by atoms with Gasteiger partial charge in [0.15, 0.2) is 5.82 Å². The number of nitrogens with one attached hydrogen (secondary N) is 1. The van der Waals surface area contributed by atoms with Crippen molar-refractivity contribution < 1.29 is 0 Å². The number of hydrogen-bond acceptors (Lipinski definition) is 3. The van der Waals surface area contributed by atoms with Crippen LogP contribution in [0.1, 0.15) is 33.2 Å². The fourth-order valence-electron chi connectivity index (χ4n) is 2.65. The molecule has 0 amide bonds. The highest BCUT2D eigenvalue weighted by Gasteiger charge is 2.32. The Kier molecular flexibility index (Phi) is 3.21. The summed E-state index contributed by atoms with van der Waals surface area (Å²) in [5, 5.41) is 8.72. The van der Waals surface area contributed by atoms with Crippen LogP contribution in [0.5, 0.6) is 0 Å². The van der Waals surface area contributed by atoms with Crippen LogP contribution in [0.15, 0.2) is 24.3 Å². The van der Waals surface area contributed by atoms with Crippen LogP contribution in [0.4, 0.5) is 5.95 Å². The summed E-state index contributed by atoms with van der Waals surface area (Å²) in [6.45, 7) is 7.67. The van der Waals surface area contributed by atoms with Gasteiger partial charge < -0.3 is 5.32 Å². The number of halogens is 1. The van der Waals surface area contributed by atoms with E-state index in [-0.39, 0.29) is 5.41 Å². The molecule has 106 valence electrons. The zero-order chi connectivity index (χ0) is 14.3. The van der Waals surface area contributed by atoms with E-state index < -0.39 is 0 Å². The van der Waals surface area contributed by atoms with Gasteiger partial charge in [0.25, 0.3) is 0 Å². The van der Waals surface area contributed by atoms with E-state index in [4.69, 9.17) is 16.7 Å². The van der Waals surface area contributed by atoms with Crippen molar-refractivity contribution in [3.8, 4) is 11.4 Å². The first-order valence-corrected chi connectivity index (χ1v) is 7.29. The molecule has 0 saturated carbocycles. The molecule has 5 heteroatoms. The van der Waals surface area contributed by atoms with Crippen LogP contribution in [0.3, 0.4) is 0 Å². The minimum atomic E-state index is 0.163. The number of rotatable bonds is 1. The average molecular weight is 291 g/mol. The Morgan fingerprint density at radius 1 is 1.35 bits per heavy atom. The van der Waals surface area contributed by atoms with Gasteiger partial charge in [-0.1, -0.05) is 44.5 Å². The predicted octanol–water partition coefficient (Wildman–Crippen LogP) is 4.00. The van der Waals surface area contributed by atoms with Crippen LogP contribution < -0.4 is 5.32 Å². The van der Waals surface area contributed by atoms with E-state index in [0.29, 0.717) is 11.1 Å². The van der Waals surface area contributed by atoms with Crippen molar-refractivity contribution >= 4 is 17.5 Å². The molecule has 1 aliphatic rings. The van der Waals surface area contributed by atoms with Crippen molar-refractivity contribution in [1.82, 2.24) is 14.8 Å². The van der Waals surface area contributed by atoms with Crippen LogP contribution in [0.25, 0.3) is 11.4 Å². The Morgan fingerprint density at radius 3 is 2.85 bits per heavy atom. The standard InChI is InChI=1S/C15H19ClN4/c1-15(2,3)12-7-8-17-14-18-13(19-20(12)14)10-5-4-6-11(16)9-10/h4-6,9,12H,7-8H2,1-3H3,(H,17,18,19). The molecule has 3 rings (SSSR count).